The number of fused-ring (bicyclic) bond motifs is 4. The lowest BCUT2D eigenvalue weighted by molar-refractivity contribution is 0.576. The molecule has 0 amide bonds. The Bertz CT molecular complexity index is 2800. The lowest BCUT2D eigenvalue weighted by Crippen LogP contribution is -2.17. The van der Waals surface area contributed by atoms with Crippen LogP contribution in [0.1, 0.15) is 37.5 Å². The Labute approximate surface area is 317 Å². The predicted molar refractivity (Wildman–Crippen MR) is 229 cm³/mol. The van der Waals surface area contributed by atoms with Crippen molar-refractivity contribution in [2.24, 2.45) is 0 Å². The van der Waals surface area contributed by atoms with Gasteiger partial charge in [-0.15, -0.1) is 0 Å². The van der Waals surface area contributed by atoms with Crippen molar-refractivity contribution in [3.63, 3.8) is 0 Å². The second-order valence-corrected chi connectivity index (χ2v) is 14.7. The van der Waals surface area contributed by atoms with Crippen LogP contribution in [-0.4, -0.2) is 0 Å². The number of rotatable bonds is 7. The van der Waals surface area contributed by atoms with Gasteiger partial charge in [-0.05, 0) is 117 Å². The molecule has 0 fully saturated rings. The molecule has 7 aromatic carbocycles. The van der Waals surface area contributed by atoms with Crippen molar-refractivity contribution >= 4 is 46.3 Å². The van der Waals surface area contributed by atoms with E-state index in [1.54, 1.807) is 0 Å². The van der Waals surface area contributed by atoms with E-state index in [1.165, 1.54) is 44.5 Å². The van der Waals surface area contributed by atoms with Crippen LogP contribution in [0.5, 0.6) is 0 Å². The number of allylic oxidation sites excluding steroid dienone is 2. The Morgan fingerprint density at radius 1 is 0.556 bits per heavy atom. The Morgan fingerprint density at radius 2 is 1.15 bits per heavy atom. The molecule has 0 radical (unpaired) electrons. The molecule has 2 heteroatoms. The molecule has 260 valence electrons. The third-order valence-electron chi connectivity index (χ3n) is 11.0. The molecule has 9 rings (SSSR count). The van der Waals surface area contributed by atoms with Gasteiger partial charge in [0.2, 0.25) is 0 Å². The third kappa shape index (κ3) is 5.87. The average molecular weight is 696 g/mol. The zero-order valence-corrected chi connectivity index (χ0v) is 30.9. The standard InChI is InChI=1S/C52H41NO/c1-35(21-32-50-36(2)45-17-9-11-20-51(45)54-50)37-22-26-42(27-23-37)53(44-30-31-47-46-18-8-10-19-48(46)52(3,4)49(47)34-44)43-28-24-39(25-29-43)41-16-12-15-40(33-41)38-13-6-5-7-14-38/h5-34H,2H2,1,3-4H3/b35-21+,50-32+. The smallest absolute Gasteiger partial charge is 0.135 e. The molecular formula is C52H41NO. The first-order valence-electron chi connectivity index (χ1n) is 18.6. The van der Waals surface area contributed by atoms with Crippen molar-refractivity contribution in [2.45, 2.75) is 26.2 Å². The molecule has 0 bridgehead atoms. The van der Waals surface area contributed by atoms with E-state index in [-0.39, 0.29) is 5.41 Å². The first-order chi connectivity index (χ1) is 26.3. The van der Waals surface area contributed by atoms with Crippen molar-refractivity contribution in [3.8, 4) is 33.4 Å². The van der Waals surface area contributed by atoms with Gasteiger partial charge in [0.1, 0.15) is 11.0 Å². The van der Waals surface area contributed by atoms with Gasteiger partial charge < -0.3 is 9.32 Å². The summed E-state index contributed by atoms with van der Waals surface area (Å²) in [6.45, 7) is 11.1. The second kappa shape index (κ2) is 13.4. The van der Waals surface area contributed by atoms with Gasteiger partial charge in [-0.3, -0.25) is 0 Å². The topological polar surface area (TPSA) is 16.4 Å². The molecule has 2 nitrogen and oxygen atoms in total. The van der Waals surface area contributed by atoms with Crippen LogP contribution >= 0.6 is 0 Å². The van der Waals surface area contributed by atoms with Gasteiger partial charge in [0, 0.05) is 33.1 Å². The van der Waals surface area contributed by atoms with E-state index >= 15 is 0 Å². The maximum atomic E-state index is 6.09. The van der Waals surface area contributed by atoms with Crippen LogP contribution < -0.4 is 15.5 Å². The molecule has 8 aromatic rings. The van der Waals surface area contributed by atoms with E-state index in [0.717, 1.165) is 49.8 Å². The summed E-state index contributed by atoms with van der Waals surface area (Å²) in [6.07, 6.45) is 4.14. The molecule has 1 aromatic heterocycles. The van der Waals surface area contributed by atoms with Gasteiger partial charge in [0.15, 0.2) is 0 Å². The number of anilines is 3. The fourth-order valence-electron chi connectivity index (χ4n) is 8.01. The van der Waals surface area contributed by atoms with Gasteiger partial charge in [-0.25, -0.2) is 0 Å². The number of hydrogen-bond donors (Lipinski definition) is 0. The summed E-state index contributed by atoms with van der Waals surface area (Å²) in [5.41, 5.74) is 17.4. The van der Waals surface area contributed by atoms with Crippen LogP contribution in [0.4, 0.5) is 17.1 Å². The molecule has 0 atom stereocenters. The number of hydrogen-bond acceptors (Lipinski definition) is 2. The van der Waals surface area contributed by atoms with Gasteiger partial charge in [0.05, 0.1) is 0 Å². The molecule has 0 unspecified atom stereocenters. The highest BCUT2D eigenvalue weighted by atomic mass is 16.3. The minimum Gasteiger partial charge on any atom is -0.456 e. The van der Waals surface area contributed by atoms with Crippen LogP contribution in [0.2, 0.25) is 0 Å². The average Bonchev–Trinajstić information content (AvgIpc) is 3.67. The van der Waals surface area contributed by atoms with Gasteiger partial charge in [0.25, 0.3) is 0 Å². The number of benzene rings is 7. The summed E-state index contributed by atoms with van der Waals surface area (Å²) in [5, 5.41) is 1.96. The third-order valence-corrected chi connectivity index (χ3v) is 11.0. The zero-order chi connectivity index (χ0) is 36.8. The number of nitrogens with zero attached hydrogens (tertiary/aromatic N) is 1. The number of furan rings is 1. The van der Waals surface area contributed by atoms with E-state index in [9.17, 15) is 0 Å². The summed E-state index contributed by atoms with van der Waals surface area (Å²) in [7, 11) is 0. The van der Waals surface area contributed by atoms with Crippen molar-refractivity contribution in [1.29, 1.82) is 0 Å². The first kappa shape index (κ1) is 33.2. The summed E-state index contributed by atoms with van der Waals surface area (Å²) >= 11 is 0. The molecule has 0 N–H and O–H groups in total. The monoisotopic (exact) mass is 695 g/mol. The highest BCUT2D eigenvalue weighted by molar-refractivity contribution is 5.87. The maximum absolute atomic E-state index is 6.09. The van der Waals surface area contributed by atoms with E-state index in [0.29, 0.717) is 0 Å². The Kier molecular flexibility index (Phi) is 8.24. The fraction of sp³-hybridized carbons (Fsp3) is 0.0769. The zero-order valence-electron chi connectivity index (χ0n) is 30.9. The minimum atomic E-state index is -0.1000. The lowest BCUT2D eigenvalue weighted by atomic mass is 9.82. The molecule has 0 spiro atoms. The molecule has 1 heterocycles. The molecule has 0 aliphatic heterocycles. The summed E-state index contributed by atoms with van der Waals surface area (Å²) < 4.78 is 6.09. The Morgan fingerprint density at radius 3 is 1.89 bits per heavy atom. The van der Waals surface area contributed by atoms with Gasteiger partial charge in [-0.1, -0.05) is 148 Å². The highest BCUT2D eigenvalue weighted by Gasteiger charge is 2.35. The van der Waals surface area contributed by atoms with Crippen molar-refractivity contribution in [1.82, 2.24) is 0 Å². The van der Waals surface area contributed by atoms with E-state index in [4.69, 9.17) is 4.42 Å². The van der Waals surface area contributed by atoms with Crippen LogP contribution in [0.3, 0.4) is 0 Å². The molecule has 0 saturated heterocycles. The summed E-state index contributed by atoms with van der Waals surface area (Å²) in [5.74, 6) is 0. The summed E-state index contributed by atoms with van der Waals surface area (Å²) in [4.78, 5) is 2.38. The van der Waals surface area contributed by atoms with Crippen LogP contribution in [0.15, 0.2) is 180 Å². The van der Waals surface area contributed by atoms with Crippen LogP contribution in [0.25, 0.3) is 62.6 Å². The van der Waals surface area contributed by atoms with E-state index < -0.39 is 0 Å². The molecule has 1 aliphatic rings. The maximum Gasteiger partial charge on any atom is 0.135 e. The van der Waals surface area contributed by atoms with Crippen LogP contribution in [-0.2, 0) is 5.41 Å². The van der Waals surface area contributed by atoms with Gasteiger partial charge >= 0.3 is 0 Å². The second-order valence-electron chi connectivity index (χ2n) is 14.7. The van der Waals surface area contributed by atoms with E-state index in [2.05, 4.69) is 190 Å². The van der Waals surface area contributed by atoms with E-state index in [1.807, 2.05) is 24.3 Å². The van der Waals surface area contributed by atoms with Crippen molar-refractivity contribution in [3.05, 3.63) is 203 Å². The largest absolute Gasteiger partial charge is 0.456 e. The number of para-hydroxylation sites is 1. The molecule has 54 heavy (non-hydrogen) atoms. The lowest BCUT2D eigenvalue weighted by Gasteiger charge is -2.28. The SMILES string of the molecule is C=c1/c(=C\C=C(/C)c2ccc(N(c3ccc(-c4cccc(-c5ccccc5)c4)cc3)c3ccc4c(c3)C(C)(C)c3ccccc3-4)cc2)oc2ccccc12. The van der Waals surface area contributed by atoms with Crippen molar-refractivity contribution in [2.75, 3.05) is 4.90 Å². The van der Waals surface area contributed by atoms with Crippen molar-refractivity contribution < 1.29 is 4.42 Å². The summed E-state index contributed by atoms with van der Waals surface area (Å²) in [6, 6.07) is 61.1. The molecular weight excluding hydrogens is 655 g/mol. The van der Waals surface area contributed by atoms with Crippen LogP contribution in [0, 0.1) is 0 Å². The fourth-order valence-corrected chi connectivity index (χ4v) is 8.01. The Hall–Kier alpha value is -6.64. The normalized spacial score (nSPS) is 13.5. The first-order valence-corrected chi connectivity index (χ1v) is 18.6. The highest BCUT2D eigenvalue weighted by Crippen LogP contribution is 2.50. The predicted octanol–water partition coefficient (Wildman–Crippen LogP) is 12.8. The molecule has 0 saturated carbocycles. The Balaban J connectivity index is 1.09. The van der Waals surface area contributed by atoms with Gasteiger partial charge in [-0.2, -0.15) is 0 Å². The molecule has 1 aliphatic carbocycles. The minimum absolute atomic E-state index is 0.1000. The quantitative estimate of drug-likeness (QED) is 0.165.